The van der Waals surface area contributed by atoms with Crippen molar-refractivity contribution in [1.29, 1.82) is 0 Å². The van der Waals surface area contributed by atoms with E-state index >= 15 is 0 Å². The van der Waals surface area contributed by atoms with E-state index in [0.29, 0.717) is 15.9 Å². The van der Waals surface area contributed by atoms with Crippen LogP contribution in [0.4, 0.5) is 18.9 Å². The molecule has 0 aliphatic carbocycles. The third-order valence-corrected chi connectivity index (χ3v) is 8.40. The van der Waals surface area contributed by atoms with E-state index in [-0.39, 0.29) is 10.6 Å². The van der Waals surface area contributed by atoms with Gasteiger partial charge in [-0.25, -0.2) is 13.8 Å². The Morgan fingerprint density at radius 2 is 1.71 bits per heavy atom. The topological polar surface area (TPSA) is 83.8 Å². The maximum absolute atomic E-state index is 13.5. The number of hydrazone groups is 1. The summed E-state index contributed by atoms with van der Waals surface area (Å²) in [4.78, 5) is 12.7. The number of nitrogens with zero attached hydrogens (tertiary/aromatic N) is 3. The summed E-state index contributed by atoms with van der Waals surface area (Å²) in [5, 5.41) is 3.38. The molecule has 0 saturated carbocycles. The van der Waals surface area contributed by atoms with Gasteiger partial charge >= 0.3 is 6.18 Å². The van der Waals surface area contributed by atoms with Gasteiger partial charge in [-0.05, 0) is 74.9 Å². The second-order valence-corrected chi connectivity index (χ2v) is 11.6. The standard InChI is InChI=1S/C29H26ClF3N4O3S/c1-19-8-7-9-24(14-19)37-20(2)15-22(21(37)3)17-34-35-28(38)18-36(41(39,40)25-10-5-4-6-11-25)23-12-13-27(30)26(16-23)29(31,32)33/h4-17H,18H2,1-3H3,(H,35,38)/b34-17-. The van der Waals surface area contributed by atoms with Crippen LogP contribution in [-0.4, -0.2) is 31.7 Å². The molecule has 0 bridgehead atoms. The van der Waals surface area contributed by atoms with E-state index in [0.717, 1.165) is 34.8 Å². The van der Waals surface area contributed by atoms with Crippen molar-refractivity contribution in [3.05, 3.63) is 112 Å². The molecule has 3 aromatic carbocycles. The molecule has 0 aliphatic heterocycles. The second-order valence-electron chi connectivity index (χ2n) is 9.28. The van der Waals surface area contributed by atoms with E-state index in [4.69, 9.17) is 11.6 Å². The summed E-state index contributed by atoms with van der Waals surface area (Å²) in [7, 11) is -4.44. The minimum Gasteiger partial charge on any atom is -0.318 e. The number of carbonyl (C=O) groups excluding carboxylic acids is 1. The molecule has 0 saturated heterocycles. The Morgan fingerprint density at radius 3 is 2.37 bits per heavy atom. The number of aryl methyl sites for hydroxylation is 2. The fraction of sp³-hybridized carbons (Fsp3) is 0.172. The van der Waals surface area contributed by atoms with Gasteiger partial charge in [0.15, 0.2) is 0 Å². The maximum Gasteiger partial charge on any atom is 0.417 e. The molecule has 4 aromatic rings. The maximum atomic E-state index is 13.5. The molecule has 0 atom stereocenters. The van der Waals surface area contributed by atoms with Gasteiger partial charge in [0.05, 0.1) is 27.4 Å². The van der Waals surface area contributed by atoms with Crippen LogP contribution in [0.3, 0.4) is 0 Å². The molecule has 41 heavy (non-hydrogen) atoms. The monoisotopic (exact) mass is 602 g/mol. The molecule has 7 nitrogen and oxygen atoms in total. The molecule has 12 heteroatoms. The molecule has 0 radical (unpaired) electrons. The Bertz CT molecular complexity index is 1720. The molecule has 1 aromatic heterocycles. The fourth-order valence-corrected chi connectivity index (χ4v) is 6.00. The first-order chi connectivity index (χ1) is 19.3. The molecule has 0 unspecified atom stereocenters. The van der Waals surface area contributed by atoms with Crippen LogP contribution in [0.5, 0.6) is 0 Å². The summed E-state index contributed by atoms with van der Waals surface area (Å²) >= 11 is 5.73. The Labute approximate surface area is 240 Å². The van der Waals surface area contributed by atoms with Gasteiger partial charge in [-0.1, -0.05) is 41.9 Å². The van der Waals surface area contributed by atoms with E-state index < -0.39 is 39.2 Å². The lowest BCUT2D eigenvalue weighted by Gasteiger charge is -2.24. The number of nitrogens with one attached hydrogen (secondary N) is 1. The zero-order valence-electron chi connectivity index (χ0n) is 22.3. The van der Waals surface area contributed by atoms with E-state index in [1.165, 1.54) is 30.5 Å². The highest BCUT2D eigenvalue weighted by Crippen LogP contribution is 2.38. The summed E-state index contributed by atoms with van der Waals surface area (Å²) in [5.41, 5.74) is 5.24. The van der Waals surface area contributed by atoms with E-state index in [9.17, 15) is 26.4 Å². The minimum absolute atomic E-state index is 0.205. The number of rotatable bonds is 8. The zero-order valence-corrected chi connectivity index (χ0v) is 23.8. The summed E-state index contributed by atoms with van der Waals surface area (Å²) < 4.78 is 70.1. The van der Waals surface area contributed by atoms with Crippen molar-refractivity contribution in [1.82, 2.24) is 9.99 Å². The first-order valence-corrected chi connectivity index (χ1v) is 14.1. The highest BCUT2D eigenvalue weighted by atomic mass is 35.5. The number of amides is 1. The molecule has 214 valence electrons. The number of aromatic nitrogens is 1. The Morgan fingerprint density at radius 1 is 1.00 bits per heavy atom. The summed E-state index contributed by atoms with van der Waals surface area (Å²) in [5.74, 6) is -0.864. The summed E-state index contributed by atoms with van der Waals surface area (Å²) in [6.45, 7) is 4.98. The van der Waals surface area contributed by atoms with Crippen LogP contribution in [0.2, 0.25) is 5.02 Å². The molecule has 0 spiro atoms. The molecular formula is C29H26ClF3N4O3S. The number of anilines is 1. The van der Waals surface area contributed by atoms with Gasteiger partial charge in [-0.3, -0.25) is 9.10 Å². The predicted octanol–water partition coefficient (Wildman–Crippen LogP) is 6.42. The third kappa shape index (κ3) is 6.63. The number of halogens is 4. The Hall–Kier alpha value is -4.09. The third-order valence-electron chi connectivity index (χ3n) is 6.28. The van der Waals surface area contributed by atoms with Crippen LogP contribution in [0.1, 0.15) is 28.1 Å². The number of hydrogen-bond acceptors (Lipinski definition) is 4. The first-order valence-electron chi connectivity index (χ1n) is 12.3. The molecule has 1 heterocycles. The van der Waals surface area contributed by atoms with Gasteiger partial charge in [-0.15, -0.1) is 0 Å². The van der Waals surface area contributed by atoms with Gasteiger partial charge in [0.1, 0.15) is 6.54 Å². The van der Waals surface area contributed by atoms with Crippen LogP contribution >= 0.6 is 11.6 Å². The van der Waals surface area contributed by atoms with Crippen molar-refractivity contribution in [2.75, 3.05) is 10.8 Å². The lowest BCUT2D eigenvalue weighted by Crippen LogP contribution is -2.39. The second kappa shape index (κ2) is 11.8. The van der Waals surface area contributed by atoms with Gasteiger partial charge in [0, 0.05) is 22.6 Å². The van der Waals surface area contributed by atoms with Crippen LogP contribution in [0.15, 0.2) is 88.9 Å². The van der Waals surface area contributed by atoms with E-state index in [2.05, 4.69) is 10.5 Å². The fourth-order valence-electron chi connectivity index (χ4n) is 4.34. The van der Waals surface area contributed by atoms with E-state index in [1.807, 2.05) is 55.7 Å². The van der Waals surface area contributed by atoms with Gasteiger partial charge in [0.2, 0.25) is 0 Å². The SMILES string of the molecule is Cc1cccc(-n2c(C)cc(/C=N\NC(=O)CN(c3ccc(Cl)c(C(F)(F)F)c3)S(=O)(=O)c3ccccc3)c2C)c1. The summed E-state index contributed by atoms with van der Waals surface area (Å²) in [6, 6.07) is 19.5. The van der Waals surface area contributed by atoms with Crippen molar-refractivity contribution in [3.8, 4) is 5.69 Å². The lowest BCUT2D eigenvalue weighted by molar-refractivity contribution is -0.137. The van der Waals surface area contributed by atoms with Crippen molar-refractivity contribution in [3.63, 3.8) is 0 Å². The Kier molecular flexibility index (Phi) is 8.60. The van der Waals surface area contributed by atoms with Crippen molar-refractivity contribution >= 4 is 39.4 Å². The number of alkyl halides is 3. The number of hydrogen-bond donors (Lipinski definition) is 1. The molecule has 1 amide bonds. The van der Waals surface area contributed by atoms with Crippen LogP contribution in [0, 0.1) is 20.8 Å². The minimum atomic E-state index is -4.84. The highest BCUT2D eigenvalue weighted by Gasteiger charge is 2.35. The number of sulfonamides is 1. The van der Waals surface area contributed by atoms with Gasteiger partial charge in [0.25, 0.3) is 15.9 Å². The van der Waals surface area contributed by atoms with Gasteiger partial charge < -0.3 is 4.57 Å². The number of carbonyl (C=O) groups is 1. The summed E-state index contributed by atoms with van der Waals surface area (Å²) in [6.07, 6.45) is -3.42. The van der Waals surface area contributed by atoms with Crippen molar-refractivity contribution in [2.24, 2.45) is 5.10 Å². The van der Waals surface area contributed by atoms with Crippen LogP contribution in [0.25, 0.3) is 5.69 Å². The molecule has 4 rings (SSSR count). The molecule has 0 fully saturated rings. The quantitative estimate of drug-likeness (QED) is 0.187. The zero-order chi connectivity index (χ0) is 29.9. The molecule has 0 aliphatic rings. The first kappa shape index (κ1) is 29.9. The number of benzene rings is 3. The average Bonchev–Trinajstić information content (AvgIpc) is 3.20. The van der Waals surface area contributed by atoms with Gasteiger partial charge in [-0.2, -0.15) is 18.3 Å². The normalized spacial score (nSPS) is 12.1. The molecule has 1 N–H and O–H groups in total. The van der Waals surface area contributed by atoms with Crippen molar-refractivity contribution < 1.29 is 26.4 Å². The average molecular weight is 603 g/mol. The lowest BCUT2D eigenvalue weighted by atomic mass is 10.2. The van der Waals surface area contributed by atoms with Crippen LogP contribution in [-0.2, 0) is 21.0 Å². The van der Waals surface area contributed by atoms with Crippen molar-refractivity contribution in [2.45, 2.75) is 31.8 Å². The molecular weight excluding hydrogens is 577 g/mol. The van der Waals surface area contributed by atoms with E-state index in [1.54, 1.807) is 6.07 Å². The largest absolute Gasteiger partial charge is 0.417 e. The highest BCUT2D eigenvalue weighted by molar-refractivity contribution is 7.92. The predicted molar refractivity (Wildman–Crippen MR) is 153 cm³/mol. The smallest absolute Gasteiger partial charge is 0.318 e. The van der Waals surface area contributed by atoms with Crippen LogP contribution < -0.4 is 9.73 Å². The Balaban J connectivity index is 1.61.